The van der Waals surface area contributed by atoms with Gasteiger partial charge in [-0.3, -0.25) is 0 Å². The van der Waals surface area contributed by atoms with Crippen molar-refractivity contribution in [3.8, 4) is 0 Å². The Morgan fingerprint density at radius 3 is 2.12 bits per heavy atom. The molecule has 2 heteroatoms. The van der Waals surface area contributed by atoms with Gasteiger partial charge in [0, 0.05) is 0 Å². The van der Waals surface area contributed by atoms with Crippen LogP contribution in [0.1, 0.15) is 16.1 Å². The summed E-state index contributed by atoms with van der Waals surface area (Å²) in [5.74, 6) is 2.28. The van der Waals surface area contributed by atoms with Crippen LogP contribution in [0.4, 0.5) is 0 Å². The fraction of sp³-hybridized carbons (Fsp3) is 0.200. The molecular formula is C15H17NSe. The Morgan fingerprint density at radius 1 is 0.941 bits per heavy atom. The van der Waals surface area contributed by atoms with Gasteiger partial charge in [-0.2, -0.15) is 0 Å². The van der Waals surface area contributed by atoms with E-state index in [9.17, 15) is 0 Å². The molecule has 0 saturated carbocycles. The normalized spacial score (nSPS) is 12.3. The van der Waals surface area contributed by atoms with Crippen LogP contribution in [0.5, 0.6) is 0 Å². The van der Waals surface area contributed by atoms with Crippen molar-refractivity contribution >= 4 is 15.0 Å². The van der Waals surface area contributed by atoms with Crippen LogP contribution in [0.25, 0.3) is 0 Å². The first-order valence-electron chi connectivity index (χ1n) is 5.75. The van der Waals surface area contributed by atoms with Gasteiger partial charge in [-0.15, -0.1) is 0 Å². The molecule has 2 aromatic carbocycles. The zero-order valence-electron chi connectivity index (χ0n) is 9.97. The number of benzene rings is 2. The van der Waals surface area contributed by atoms with Crippen molar-refractivity contribution in [1.82, 2.24) is 5.32 Å². The Balaban J connectivity index is 1.97. The first-order valence-corrected chi connectivity index (χ1v) is 8.45. The first kappa shape index (κ1) is 12.4. The quantitative estimate of drug-likeness (QED) is 0.834. The van der Waals surface area contributed by atoms with Crippen LogP contribution in [-0.2, 0) is 6.54 Å². The van der Waals surface area contributed by atoms with E-state index in [-0.39, 0.29) is 0 Å². The fourth-order valence-corrected chi connectivity index (χ4v) is 3.20. The third-order valence-corrected chi connectivity index (χ3v) is 4.58. The summed E-state index contributed by atoms with van der Waals surface area (Å²) in [6.07, 6.45) is 0. The summed E-state index contributed by atoms with van der Waals surface area (Å²) in [7, 11) is 0. The van der Waals surface area contributed by atoms with Crippen molar-refractivity contribution < 1.29 is 0 Å². The second kappa shape index (κ2) is 6.61. The van der Waals surface area contributed by atoms with Crippen molar-refractivity contribution in [3.05, 3.63) is 71.8 Å². The Labute approximate surface area is 109 Å². The molecule has 0 saturated heterocycles. The topological polar surface area (TPSA) is 12.0 Å². The number of nitrogens with one attached hydrogen (secondary N) is 1. The molecule has 1 nitrogen and oxygen atoms in total. The predicted octanol–water partition coefficient (Wildman–Crippen LogP) is 3.23. The van der Waals surface area contributed by atoms with E-state index in [2.05, 4.69) is 71.8 Å². The number of rotatable bonds is 5. The van der Waals surface area contributed by atoms with Gasteiger partial charge >= 0.3 is 109 Å². The van der Waals surface area contributed by atoms with E-state index in [4.69, 9.17) is 0 Å². The molecule has 88 valence electrons. The van der Waals surface area contributed by atoms with E-state index < -0.39 is 0 Å². The van der Waals surface area contributed by atoms with Crippen LogP contribution < -0.4 is 5.32 Å². The molecule has 0 aliphatic carbocycles. The van der Waals surface area contributed by atoms with E-state index in [1.165, 1.54) is 11.1 Å². The van der Waals surface area contributed by atoms with Gasteiger partial charge in [0.1, 0.15) is 0 Å². The molecule has 0 amide bonds. The maximum atomic E-state index is 3.63. The van der Waals surface area contributed by atoms with E-state index in [1.54, 1.807) is 0 Å². The monoisotopic (exact) mass is 291 g/mol. The second-order valence-electron chi connectivity index (χ2n) is 3.89. The number of hydrogen-bond donors (Lipinski definition) is 1. The summed E-state index contributed by atoms with van der Waals surface area (Å²) >= 11 is 0.566. The maximum absolute atomic E-state index is 3.63. The van der Waals surface area contributed by atoms with Gasteiger partial charge in [0.25, 0.3) is 0 Å². The molecule has 0 aliphatic rings. The molecule has 17 heavy (non-hydrogen) atoms. The summed E-state index contributed by atoms with van der Waals surface area (Å²) in [5, 5.41) is 3.63. The van der Waals surface area contributed by atoms with Gasteiger partial charge in [-0.25, -0.2) is 0 Å². The minimum atomic E-state index is 0.504. The van der Waals surface area contributed by atoms with E-state index in [0.717, 1.165) is 6.54 Å². The Kier molecular flexibility index (Phi) is 4.81. The van der Waals surface area contributed by atoms with Crippen LogP contribution >= 0.6 is 0 Å². The number of hydrogen-bond acceptors (Lipinski definition) is 1. The van der Waals surface area contributed by atoms with Crippen molar-refractivity contribution in [1.29, 1.82) is 0 Å². The third kappa shape index (κ3) is 3.71. The van der Waals surface area contributed by atoms with E-state index >= 15 is 0 Å². The minimum absolute atomic E-state index is 0.504. The van der Waals surface area contributed by atoms with Crippen molar-refractivity contribution in [2.75, 3.05) is 0 Å². The van der Waals surface area contributed by atoms with Gasteiger partial charge < -0.3 is 0 Å². The zero-order valence-corrected chi connectivity index (χ0v) is 11.7. The molecule has 0 bridgehead atoms. The van der Waals surface area contributed by atoms with Gasteiger partial charge in [0.2, 0.25) is 0 Å². The molecule has 0 fully saturated rings. The molecular weight excluding hydrogens is 273 g/mol. The average molecular weight is 290 g/mol. The van der Waals surface area contributed by atoms with Crippen LogP contribution in [0.2, 0.25) is 5.82 Å². The molecule has 0 aliphatic heterocycles. The molecule has 1 atom stereocenters. The van der Waals surface area contributed by atoms with Crippen LogP contribution in [-0.4, -0.2) is 15.0 Å². The summed E-state index contributed by atoms with van der Waals surface area (Å²) in [4.78, 5) is 0.504. The molecule has 0 radical (unpaired) electrons. The van der Waals surface area contributed by atoms with Crippen molar-refractivity contribution in [3.63, 3.8) is 0 Å². The molecule has 2 aromatic rings. The van der Waals surface area contributed by atoms with Crippen molar-refractivity contribution in [2.24, 2.45) is 0 Å². The molecule has 0 aromatic heterocycles. The van der Waals surface area contributed by atoms with Gasteiger partial charge in [-0.05, 0) is 0 Å². The zero-order chi connectivity index (χ0) is 11.9. The fourth-order valence-electron chi connectivity index (χ4n) is 1.77. The van der Waals surface area contributed by atoms with Gasteiger partial charge in [0.15, 0.2) is 0 Å². The molecule has 0 heterocycles. The van der Waals surface area contributed by atoms with Crippen LogP contribution in [0.3, 0.4) is 0 Å². The van der Waals surface area contributed by atoms with Crippen LogP contribution in [0.15, 0.2) is 60.7 Å². The molecule has 1 unspecified atom stereocenters. The predicted molar refractivity (Wildman–Crippen MR) is 74.1 cm³/mol. The van der Waals surface area contributed by atoms with E-state index in [0.29, 0.717) is 19.9 Å². The molecule has 0 spiro atoms. The van der Waals surface area contributed by atoms with Crippen LogP contribution in [0, 0.1) is 0 Å². The Morgan fingerprint density at radius 2 is 1.53 bits per heavy atom. The summed E-state index contributed by atoms with van der Waals surface area (Å²) < 4.78 is 0. The summed E-state index contributed by atoms with van der Waals surface area (Å²) in [5.41, 5.74) is 2.74. The summed E-state index contributed by atoms with van der Waals surface area (Å²) in [6.45, 7) is 0.940. The third-order valence-electron chi connectivity index (χ3n) is 2.67. The Hall–Kier alpha value is -1.08. The average Bonchev–Trinajstić information content (AvgIpc) is 2.42. The molecule has 2 rings (SSSR count). The standard InChI is InChI=1S/C15H17NSe/c1-17-15(14-10-6-3-7-11-14)16-12-13-8-4-2-5-9-13/h2-11,15-16H,12H2,1H3. The Bertz CT molecular complexity index is 427. The first-order chi connectivity index (χ1) is 8.40. The SMILES string of the molecule is C[Se]C(NCc1ccccc1)c1ccccc1. The second-order valence-corrected chi connectivity index (χ2v) is 5.87. The van der Waals surface area contributed by atoms with E-state index in [1.807, 2.05) is 0 Å². The van der Waals surface area contributed by atoms with Gasteiger partial charge in [0.05, 0.1) is 0 Å². The summed E-state index contributed by atoms with van der Waals surface area (Å²) in [6, 6.07) is 21.3. The van der Waals surface area contributed by atoms with Crippen molar-refractivity contribution in [2.45, 2.75) is 17.3 Å². The van der Waals surface area contributed by atoms with Gasteiger partial charge in [-0.1, -0.05) is 0 Å². The molecule has 1 N–H and O–H groups in total.